The van der Waals surface area contributed by atoms with Gasteiger partial charge in [-0.25, -0.2) is 0 Å². The van der Waals surface area contributed by atoms with Crippen molar-refractivity contribution in [2.45, 2.75) is 18.9 Å². The van der Waals surface area contributed by atoms with Gasteiger partial charge in [-0.15, -0.1) is 0 Å². The fraction of sp³-hybridized carbons (Fsp3) is 0.455. The van der Waals surface area contributed by atoms with Crippen LogP contribution in [0.5, 0.6) is 0 Å². The lowest BCUT2D eigenvalue weighted by atomic mass is 9.86. The van der Waals surface area contributed by atoms with Crippen molar-refractivity contribution in [3.8, 4) is 0 Å². The highest BCUT2D eigenvalue weighted by atomic mass is 15.2. The maximum atomic E-state index is 5.65. The van der Waals surface area contributed by atoms with E-state index in [2.05, 4.69) is 17.0 Å². The number of hydrogen-bond donors (Lipinski definition) is 1. The van der Waals surface area contributed by atoms with E-state index in [4.69, 9.17) is 5.73 Å². The Morgan fingerprint density at radius 2 is 1.85 bits per heavy atom. The minimum atomic E-state index is 0.827. The third-order valence-corrected chi connectivity index (χ3v) is 3.33. The first-order chi connectivity index (χ1) is 6.33. The van der Waals surface area contributed by atoms with Crippen LogP contribution in [0.4, 0.5) is 11.4 Å². The third-order valence-electron chi connectivity index (χ3n) is 3.33. The molecule has 3 aliphatic rings. The summed E-state index contributed by atoms with van der Waals surface area (Å²) in [5.74, 6) is 0.975. The van der Waals surface area contributed by atoms with Crippen LogP contribution in [0.25, 0.3) is 0 Å². The van der Waals surface area contributed by atoms with Crippen LogP contribution in [0.15, 0.2) is 24.3 Å². The number of benzene rings is 1. The molecule has 2 saturated heterocycles. The minimum absolute atomic E-state index is 0.827. The van der Waals surface area contributed by atoms with Gasteiger partial charge in [0.2, 0.25) is 0 Å². The van der Waals surface area contributed by atoms with Crippen molar-refractivity contribution in [2.24, 2.45) is 5.92 Å². The summed E-state index contributed by atoms with van der Waals surface area (Å²) in [6.07, 6.45) is 2.81. The standard InChI is InChI=1S/C11H14N2/c12-9-1-3-10(4-2-9)13-7-8-5-11(13)6-8/h1-4,8,11H,5-7,12H2. The Kier molecular flexibility index (Phi) is 1.34. The highest BCUT2D eigenvalue weighted by Gasteiger charge is 2.42. The van der Waals surface area contributed by atoms with Gasteiger partial charge in [-0.2, -0.15) is 0 Å². The van der Waals surface area contributed by atoms with Crippen molar-refractivity contribution in [3.63, 3.8) is 0 Å². The van der Waals surface area contributed by atoms with Crippen molar-refractivity contribution in [2.75, 3.05) is 17.2 Å². The molecule has 4 rings (SSSR count). The summed E-state index contributed by atoms with van der Waals surface area (Å²) < 4.78 is 0. The van der Waals surface area contributed by atoms with E-state index in [-0.39, 0.29) is 0 Å². The average molecular weight is 174 g/mol. The van der Waals surface area contributed by atoms with Crippen LogP contribution in [0, 0.1) is 5.92 Å². The van der Waals surface area contributed by atoms with Gasteiger partial charge >= 0.3 is 0 Å². The zero-order valence-corrected chi connectivity index (χ0v) is 7.61. The summed E-state index contributed by atoms with van der Waals surface area (Å²) in [6, 6.07) is 9.08. The zero-order valence-electron chi connectivity index (χ0n) is 7.61. The molecule has 13 heavy (non-hydrogen) atoms. The number of anilines is 2. The number of nitrogen functional groups attached to an aromatic ring is 1. The second-order valence-electron chi connectivity index (χ2n) is 4.24. The number of nitrogens with two attached hydrogens (primary N) is 1. The van der Waals surface area contributed by atoms with Crippen molar-refractivity contribution in [3.05, 3.63) is 24.3 Å². The molecule has 2 bridgehead atoms. The predicted octanol–water partition coefficient (Wildman–Crippen LogP) is 1.87. The lowest BCUT2D eigenvalue weighted by molar-refractivity contribution is 0.381. The predicted molar refractivity (Wildman–Crippen MR) is 54.7 cm³/mol. The monoisotopic (exact) mass is 174 g/mol. The first-order valence-electron chi connectivity index (χ1n) is 4.95. The van der Waals surface area contributed by atoms with E-state index in [1.807, 2.05) is 12.1 Å². The number of nitrogens with zero attached hydrogens (tertiary/aromatic N) is 1. The molecule has 2 aliphatic heterocycles. The Hall–Kier alpha value is -1.18. The fourth-order valence-electron chi connectivity index (χ4n) is 2.51. The summed E-state index contributed by atoms with van der Waals surface area (Å²) in [7, 11) is 0. The fourth-order valence-corrected chi connectivity index (χ4v) is 2.51. The van der Waals surface area contributed by atoms with Gasteiger partial charge in [-0.3, -0.25) is 0 Å². The van der Waals surface area contributed by atoms with E-state index < -0.39 is 0 Å². The lowest BCUT2D eigenvalue weighted by Gasteiger charge is -2.27. The molecule has 1 saturated carbocycles. The SMILES string of the molecule is Nc1ccc(N2CC3CC2C3)cc1. The lowest BCUT2D eigenvalue weighted by Crippen LogP contribution is -2.28. The Labute approximate surface area is 78.3 Å². The molecule has 2 nitrogen and oxygen atoms in total. The van der Waals surface area contributed by atoms with Crippen LogP contribution in [0.2, 0.25) is 0 Å². The Bertz CT molecular complexity index is 311. The van der Waals surface area contributed by atoms with E-state index in [1.165, 1.54) is 25.1 Å². The molecule has 1 aliphatic carbocycles. The van der Waals surface area contributed by atoms with E-state index >= 15 is 0 Å². The van der Waals surface area contributed by atoms with Gasteiger partial charge in [0.05, 0.1) is 0 Å². The summed E-state index contributed by atoms with van der Waals surface area (Å²) in [5.41, 5.74) is 7.86. The van der Waals surface area contributed by atoms with Crippen LogP contribution in [0.1, 0.15) is 12.8 Å². The van der Waals surface area contributed by atoms with Crippen LogP contribution in [0.3, 0.4) is 0 Å². The number of hydrogen-bond acceptors (Lipinski definition) is 2. The molecule has 0 atom stereocenters. The molecule has 1 aromatic carbocycles. The van der Waals surface area contributed by atoms with Crippen LogP contribution < -0.4 is 10.6 Å². The van der Waals surface area contributed by atoms with Crippen molar-refractivity contribution < 1.29 is 0 Å². The third kappa shape index (κ3) is 1.01. The quantitative estimate of drug-likeness (QED) is 0.658. The average Bonchev–Trinajstić information content (AvgIpc) is 2.62. The van der Waals surface area contributed by atoms with Crippen LogP contribution >= 0.6 is 0 Å². The molecule has 2 heteroatoms. The van der Waals surface area contributed by atoms with Crippen molar-refractivity contribution in [1.29, 1.82) is 0 Å². The first kappa shape index (κ1) is 7.25. The number of rotatable bonds is 1. The molecule has 0 aromatic heterocycles. The molecule has 2 heterocycles. The number of fused-ring (bicyclic) bond motifs is 1. The smallest absolute Gasteiger partial charge is 0.0370 e. The summed E-state index contributed by atoms with van der Waals surface area (Å²) in [4.78, 5) is 2.52. The highest BCUT2D eigenvalue weighted by molar-refractivity contribution is 5.55. The molecule has 0 spiro atoms. The van der Waals surface area contributed by atoms with Crippen LogP contribution in [-0.4, -0.2) is 12.6 Å². The molecular weight excluding hydrogens is 160 g/mol. The van der Waals surface area contributed by atoms with Gasteiger partial charge in [-0.1, -0.05) is 0 Å². The van der Waals surface area contributed by atoms with Gasteiger partial charge in [0.1, 0.15) is 0 Å². The van der Waals surface area contributed by atoms with Crippen molar-refractivity contribution >= 4 is 11.4 Å². The van der Waals surface area contributed by atoms with E-state index in [0.717, 1.165) is 17.6 Å². The summed E-state index contributed by atoms with van der Waals surface area (Å²) >= 11 is 0. The molecule has 68 valence electrons. The zero-order chi connectivity index (χ0) is 8.84. The maximum absolute atomic E-state index is 5.65. The molecule has 1 aromatic rings. The van der Waals surface area contributed by atoms with Gasteiger partial charge < -0.3 is 10.6 Å². The summed E-state index contributed by atoms with van der Waals surface area (Å²) in [6.45, 7) is 1.26. The largest absolute Gasteiger partial charge is 0.399 e. The van der Waals surface area contributed by atoms with Crippen LogP contribution in [-0.2, 0) is 0 Å². The van der Waals surface area contributed by atoms with E-state index in [9.17, 15) is 0 Å². The molecule has 3 fully saturated rings. The summed E-state index contributed by atoms with van der Waals surface area (Å²) in [5, 5.41) is 0. The second kappa shape index (κ2) is 2.41. The van der Waals surface area contributed by atoms with Gasteiger partial charge in [0, 0.05) is 24.0 Å². The first-order valence-corrected chi connectivity index (χ1v) is 4.95. The molecule has 2 N–H and O–H groups in total. The van der Waals surface area contributed by atoms with Gasteiger partial charge in [0.15, 0.2) is 0 Å². The highest BCUT2D eigenvalue weighted by Crippen LogP contribution is 2.43. The minimum Gasteiger partial charge on any atom is -0.399 e. The molecule has 0 radical (unpaired) electrons. The molecule has 0 unspecified atom stereocenters. The second-order valence-corrected chi connectivity index (χ2v) is 4.24. The van der Waals surface area contributed by atoms with Crippen molar-refractivity contribution in [1.82, 2.24) is 0 Å². The van der Waals surface area contributed by atoms with Gasteiger partial charge in [0.25, 0.3) is 0 Å². The maximum Gasteiger partial charge on any atom is 0.0370 e. The Morgan fingerprint density at radius 1 is 1.15 bits per heavy atom. The Morgan fingerprint density at radius 3 is 2.38 bits per heavy atom. The topological polar surface area (TPSA) is 29.3 Å². The van der Waals surface area contributed by atoms with Gasteiger partial charge in [-0.05, 0) is 43.0 Å². The van der Waals surface area contributed by atoms with E-state index in [1.54, 1.807) is 0 Å². The Balaban J connectivity index is 1.88. The molecule has 0 amide bonds. The normalized spacial score (nSPS) is 30.3. The molecular formula is C11H14N2. The van der Waals surface area contributed by atoms with E-state index in [0.29, 0.717) is 0 Å².